The van der Waals surface area contributed by atoms with Gasteiger partial charge in [0.1, 0.15) is 5.03 Å². The van der Waals surface area contributed by atoms with Crippen molar-refractivity contribution in [3.05, 3.63) is 49.3 Å². The Morgan fingerprint density at radius 3 is 2.74 bits per heavy atom. The fourth-order valence-corrected chi connectivity index (χ4v) is 3.16. The van der Waals surface area contributed by atoms with Gasteiger partial charge < -0.3 is 4.84 Å². The van der Waals surface area contributed by atoms with Crippen LogP contribution in [0.3, 0.4) is 0 Å². The highest BCUT2D eigenvalue weighted by Gasteiger charge is 2.09. The molecule has 0 saturated heterocycles. The molecule has 6 heteroatoms. The normalized spacial score (nSPS) is 9.35. The van der Waals surface area contributed by atoms with Crippen LogP contribution in [-0.2, 0) is 9.63 Å². The SMILES string of the molecule is C=CCCC(=C)N(C)OC(=O)CCSSc1ccccn1.CC. The lowest BCUT2D eigenvalue weighted by molar-refractivity contribution is -0.175. The number of carbonyl (C=O) groups is 1. The highest BCUT2D eigenvalue weighted by atomic mass is 33.1. The zero-order valence-corrected chi connectivity index (χ0v) is 15.8. The summed E-state index contributed by atoms with van der Waals surface area (Å²) in [7, 11) is 4.83. The van der Waals surface area contributed by atoms with Gasteiger partial charge in [0.15, 0.2) is 0 Å². The van der Waals surface area contributed by atoms with Gasteiger partial charge in [0.2, 0.25) is 0 Å². The van der Waals surface area contributed by atoms with E-state index in [1.807, 2.05) is 38.1 Å². The fraction of sp³-hybridized carbons (Fsp3) is 0.412. The molecule has 128 valence electrons. The van der Waals surface area contributed by atoms with Crippen LogP contribution < -0.4 is 0 Å². The van der Waals surface area contributed by atoms with Crippen LogP contribution >= 0.6 is 21.6 Å². The van der Waals surface area contributed by atoms with Gasteiger partial charge in [-0.1, -0.05) is 43.4 Å². The van der Waals surface area contributed by atoms with Crippen LogP contribution in [0.1, 0.15) is 33.1 Å². The summed E-state index contributed by atoms with van der Waals surface area (Å²) in [5, 5.41) is 2.37. The molecule has 0 radical (unpaired) electrons. The first kappa shape index (κ1) is 21.6. The molecule has 0 atom stereocenters. The van der Waals surface area contributed by atoms with Crippen molar-refractivity contribution in [2.45, 2.75) is 38.1 Å². The molecular weight excluding hydrogens is 328 g/mol. The molecule has 0 bridgehead atoms. The molecule has 0 aliphatic carbocycles. The Morgan fingerprint density at radius 2 is 2.13 bits per heavy atom. The number of aromatic nitrogens is 1. The molecule has 0 fully saturated rings. The van der Waals surface area contributed by atoms with Gasteiger partial charge >= 0.3 is 5.97 Å². The van der Waals surface area contributed by atoms with E-state index in [0.29, 0.717) is 12.2 Å². The van der Waals surface area contributed by atoms with E-state index in [2.05, 4.69) is 18.1 Å². The fourth-order valence-electron chi connectivity index (χ4n) is 1.31. The predicted octanol–water partition coefficient (Wildman–Crippen LogP) is 5.11. The lowest BCUT2D eigenvalue weighted by Crippen LogP contribution is -2.22. The zero-order valence-electron chi connectivity index (χ0n) is 14.2. The summed E-state index contributed by atoms with van der Waals surface area (Å²) in [5.74, 6) is 0.416. The van der Waals surface area contributed by atoms with Crippen LogP contribution in [-0.4, -0.2) is 28.8 Å². The molecule has 0 spiro atoms. The van der Waals surface area contributed by atoms with Crippen LogP contribution in [0.4, 0.5) is 0 Å². The first-order valence-corrected chi connectivity index (χ1v) is 9.89. The number of hydrogen-bond acceptors (Lipinski definition) is 6. The van der Waals surface area contributed by atoms with Crippen molar-refractivity contribution in [3.63, 3.8) is 0 Å². The Balaban J connectivity index is 0.00000232. The zero-order chi connectivity index (χ0) is 17.5. The molecule has 1 heterocycles. The van der Waals surface area contributed by atoms with Crippen molar-refractivity contribution >= 4 is 27.6 Å². The standard InChI is InChI=1S/C15H20N2O2S2.C2H6/c1-4-5-8-13(2)17(3)19-15(18)10-12-20-21-14-9-6-7-11-16-14;1-2/h4,6-7,9,11H,1-2,5,8,10,12H2,3H3;1-2H3. The third-order valence-corrected chi connectivity index (χ3v) is 4.76. The van der Waals surface area contributed by atoms with Crippen molar-refractivity contribution in [3.8, 4) is 0 Å². The Hall–Kier alpha value is -1.40. The summed E-state index contributed by atoms with van der Waals surface area (Å²) in [6.45, 7) is 11.5. The van der Waals surface area contributed by atoms with Crippen LogP contribution in [0.5, 0.6) is 0 Å². The summed E-state index contributed by atoms with van der Waals surface area (Å²) in [6.07, 6.45) is 5.46. The van der Waals surface area contributed by atoms with E-state index in [9.17, 15) is 4.79 Å². The molecule has 1 aromatic rings. The van der Waals surface area contributed by atoms with Crippen LogP contribution in [0.15, 0.2) is 54.4 Å². The van der Waals surface area contributed by atoms with Crippen LogP contribution in [0, 0.1) is 0 Å². The van der Waals surface area contributed by atoms with E-state index in [4.69, 9.17) is 4.84 Å². The summed E-state index contributed by atoms with van der Waals surface area (Å²) in [6, 6.07) is 5.75. The third-order valence-electron chi connectivity index (χ3n) is 2.49. The molecule has 0 saturated carbocycles. The van der Waals surface area contributed by atoms with E-state index in [0.717, 1.165) is 23.6 Å². The second-order valence-corrected chi connectivity index (χ2v) is 6.61. The van der Waals surface area contributed by atoms with E-state index in [-0.39, 0.29) is 5.97 Å². The number of rotatable bonds is 10. The number of hydroxylamine groups is 2. The monoisotopic (exact) mass is 354 g/mol. The lowest BCUT2D eigenvalue weighted by Gasteiger charge is -2.19. The maximum absolute atomic E-state index is 11.7. The molecule has 1 rings (SSSR count). The second-order valence-electron chi connectivity index (χ2n) is 4.18. The highest BCUT2D eigenvalue weighted by molar-refractivity contribution is 8.76. The molecule has 0 amide bonds. The Kier molecular flexibility index (Phi) is 13.3. The number of pyridine rings is 1. The van der Waals surface area contributed by atoms with Crippen LogP contribution in [0.25, 0.3) is 0 Å². The van der Waals surface area contributed by atoms with E-state index < -0.39 is 0 Å². The van der Waals surface area contributed by atoms with Crippen molar-refractivity contribution < 1.29 is 9.63 Å². The maximum atomic E-state index is 11.7. The molecular formula is C17H26N2O2S2. The van der Waals surface area contributed by atoms with Crippen molar-refractivity contribution in [2.75, 3.05) is 12.8 Å². The smallest absolute Gasteiger partial charge is 0.333 e. The Bertz CT molecular complexity index is 467. The van der Waals surface area contributed by atoms with Crippen molar-refractivity contribution in [1.82, 2.24) is 10.0 Å². The van der Waals surface area contributed by atoms with Crippen molar-refractivity contribution in [1.29, 1.82) is 0 Å². The number of allylic oxidation sites excluding steroid dienone is 2. The largest absolute Gasteiger partial charge is 0.341 e. The molecule has 0 aliphatic rings. The summed E-state index contributed by atoms with van der Waals surface area (Å²) >= 11 is 0. The molecule has 4 nitrogen and oxygen atoms in total. The summed E-state index contributed by atoms with van der Waals surface area (Å²) in [5.41, 5.74) is 0.763. The Morgan fingerprint density at radius 1 is 1.39 bits per heavy atom. The van der Waals surface area contributed by atoms with Gasteiger partial charge in [-0.15, -0.1) is 6.58 Å². The lowest BCUT2D eigenvalue weighted by atomic mass is 10.2. The first-order valence-electron chi connectivity index (χ1n) is 7.57. The molecule has 0 N–H and O–H groups in total. The van der Waals surface area contributed by atoms with Crippen LogP contribution in [0.2, 0.25) is 0 Å². The number of hydrogen-bond donors (Lipinski definition) is 0. The number of carbonyl (C=O) groups excluding carboxylic acids is 1. The van der Waals surface area contributed by atoms with Gasteiger partial charge in [-0.25, -0.2) is 14.8 Å². The van der Waals surface area contributed by atoms with Gasteiger partial charge in [-0.3, -0.25) is 0 Å². The van der Waals surface area contributed by atoms with Gasteiger partial charge in [0.25, 0.3) is 0 Å². The highest BCUT2D eigenvalue weighted by Crippen LogP contribution is 2.29. The van der Waals surface area contributed by atoms with Gasteiger partial charge in [0, 0.05) is 24.7 Å². The van der Waals surface area contributed by atoms with E-state index in [1.165, 1.54) is 5.06 Å². The Labute approximate surface area is 147 Å². The molecule has 23 heavy (non-hydrogen) atoms. The molecule has 0 aliphatic heterocycles. The van der Waals surface area contributed by atoms with Gasteiger partial charge in [-0.05, 0) is 35.8 Å². The van der Waals surface area contributed by atoms with E-state index >= 15 is 0 Å². The topological polar surface area (TPSA) is 42.4 Å². The molecule has 0 aromatic carbocycles. The molecule has 1 aromatic heterocycles. The minimum atomic E-state index is -0.258. The first-order chi connectivity index (χ1) is 11.1. The third kappa shape index (κ3) is 10.9. The summed E-state index contributed by atoms with van der Waals surface area (Å²) in [4.78, 5) is 21.1. The number of nitrogens with zero attached hydrogens (tertiary/aromatic N) is 2. The minimum absolute atomic E-state index is 0.258. The average molecular weight is 355 g/mol. The maximum Gasteiger partial charge on any atom is 0.333 e. The molecule has 0 unspecified atom stereocenters. The predicted molar refractivity (Wildman–Crippen MR) is 101 cm³/mol. The minimum Gasteiger partial charge on any atom is -0.341 e. The van der Waals surface area contributed by atoms with Gasteiger partial charge in [0.05, 0.1) is 6.42 Å². The van der Waals surface area contributed by atoms with E-state index in [1.54, 1.807) is 34.8 Å². The van der Waals surface area contributed by atoms with Gasteiger partial charge in [-0.2, -0.15) is 0 Å². The second kappa shape index (κ2) is 14.2. The average Bonchev–Trinajstić information content (AvgIpc) is 2.59. The quantitative estimate of drug-likeness (QED) is 0.252. The summed E-state index contributed by atoms with van der Waals surface area (Å²) < 4.78 is 0. The van der Waals surface area contributed by atoms with Crippen molar-refractivity contribution in [2.24, 2.45) is 0 Å².